The number of nitrogens with zero attached hydrogens (tertiary/aromatic N) is 3. The molecule has 0 unspecified atom stereocenters. The molecule has 1 aromatic heterocycles. The first-order chi connectivity index (χ1) is 12.1. The Labute approximate surface area is 146 Å². The number of hydrogen-bond acceptors (Lipinski definition) is 5. The van der Waals surface area contributed by atoms with Crippen molar-refractivity contribution in [3.05, 3.63) is 58.9 Å². The third-order valence-electron chi connectivity index (χ3n) is 4.06. The van der Waals surface area contributed by atoms with Crippen molar-refractivity contribution in [2.75, 3.05) is 11.9 Å². The SMILES string of the molecule is CC(C)CCNc1ncnc2ccc(-c3ccccc3[N+](=O)[O-])cc12. The average Bonchev–Trinajstić information content (AvgIpc) is 2.61. The number of nitro benzene ring substituents is 1. The Balaban J connectivity index is 2.03. The van der Waals surface area contributed by atoms with Crippen molar-refractivity contribution in [2.24, 2.45) is 5.92 Å². The van der Waals surface area contributed by atoms with Gasteiger partial charge in [-0.2, -0.15) is 0 Å². The Morgan fingerprint density at radius 1 is 1.16 bits per heavy atom. The van der Waals surface area contributed by atoms with Crippen LogP contribution in [-0.2, 0) is 0 Å². The summed E-state index contributed by atoms with van der Waals surface area (Å²) < 4.78 is 0. The van der Waals surface area contributed by atoms with Gasteiger partial charge in [0.25, 0.3) is 5.69 Å². The third kappa shape index (κ3) is 3.74. The zero-order chi connectivity index (χ0) is 17.8. The minimum atomic E-state index is -0.358. The third-order valence-corrected chi connectivity index (χ3v) is 4.06. The Bertz CT molecular complexity index is 909. The van der Waals surface area contributed by atoms with Gasteiger partial charge in [0, 0.05) is 18.0 Å². The van der Waals surface area contributed by atoms with Gasteiger partial charge in [-0.05, 0) is 36.1 Å². The number of rotatable bonds is 6. The lowest BCUT2D eigenvalue weighted by molar-refractivity contribution is -0.384. The van der Waals surface area contributed by atoms with Crippen molar-refractivity contribution in [1.82, 2.24) is 9.97 Å². The first-order valence-corrected chi connectivity index (χ1v) is 8.28. The van der Waals surface area contributed by atoms with E-state index in [1.807, 2.05) is 18.2 Å². The van der Waals surface area contributed by atoms with Gasteiger partial charge < -0.3 is 5.32 Å². The summed E-state index contributed by atoms with van der Waals surface area (Å²) in [4.78, 5) is 19.6. The zero-order valence-corrected chi connectivity index (χ0v) is 14.3. The second-order valence-electron chi connectivity index (χ2n) is 6.34. The molecule has 0 spiro atoms. The number of anilines is 1. The molecule has 0 bridgehead atoms. The molecule has 6 heteroatoms. The van der Waals surface area contributed by atoms with Crippen molar-refractivity contribution in [3.63, 3.8) is 0 Å². The van der Waals surface area contributed by atoms with E-state index in [9.17, 15) is 10.1 Å². The van der Waals surface area contributed by atoms with Crippen LogP contribution < -0.4 is 5.32 Å². The first-order valence-electron chi connectivity index (χ1n) is 8.28. The summed E-state index contributed by atoms with van der Waals surface area (Å²) in [6.07, 6.45) is 2.57. The molecule has 0 amide bonds. The van der Waals surface area contributed by atoms with Crippen molar-refractivity contribution in [3.8, 4) is 11.1 Å². The molecule has 1 heterocycles. The van der Waals surface area contributed by atoms with E-state index >= 15 is 0 Å². The maximum atomic E-state index is 11.3. The molecular formula is C19H20N4O2. The van der Waals surface area contributed by atoms with Crippen molar-refractivity contribution >= 4 is 22.4 Å². The van der Waals surface area contributed by atoms with Gasteiger partial charge in [-0.25, -0.2) is 9.97 Å². The highest BCUT2D eigenvalue weighted by Gasteiger charge is 2.15. The molecule has 3 rings (SSSR count). The van der Waals surface area contributed by atoms with Crippen LogP contribution in [0.5, 0.6) is 0 Å². The van der Waals surface area contributed by atoms with Gasteiger partial charge in [0.2, 0.25) is 0 Å². The number of benzene rings is 2. The fourth-order valence-corrected chi connectivity index (χ4v) is 2.72. The molecule has 128 valence electrons. The molecule has 0 atom stereocenters. The van der Waals surface area contributed by atoms with Gasteiger partial charge in [-0.3, -0.25) is 10.1 Å². The van der Waals surface area contributed by atoms with E-state index in [1.165, 1.54) is 12.4 Å². The minimum absolute atomic E-state index is 0.0908. The van der Waals surface area contributed by atoms with E-state index in [1.54, 1.807) is 18.2 Å². The van der Waals surface area contributed by atoms with Crippen LogP contribution in [0.25, 0.3) is 22.0 Å². The van der Waals surface area contributed by atoms with Crippen molar-refractivity contribution in [1.29, 1.82) is 0 Å². The summed E-state index contributed by atoms with van der Waals surface area (Å²) in [7, 11) is 0. The van der Waals surface area contributed by atoms with E-state index in [0.717, 1.165) is 35.2 Å². The monoisotopic (exact) mass is 336 g/mol. The quantitative estimate of drug-likeness (QED) is 0.523. The molecule has 0 aliphatic heterocycles. The Hall–Kier alpha value is -3.02. The van der Waals surface area contributed by atoms with Crippen LogP contribution in [0, 0.1) is 16.0 Å². The minimum Gasteiger partial charge on any atom is -0.369 e. The van der Waals surface area contributed by atoms with Crippen molar-refractivity contribution < 1.29 is 4.92 Å². The molecule has 0 aliphatic carbocycles. The highest BCUT2D eigenvalue weighted by Crippen LogP contribution is 2.32. The number of para-hydroxylation sites is 1. The summed E-state index contributed by atoms with van der Waals surface area (Å²) in [6.45, 7) is 5.16. The second kappa shape index (κ2) is 7.25. The van der Waals surface area contributed by atoms with Gasteiger partial charge in [-0.1, -0.05) is 32.0 Å². The van der Waals surface area contributed by atoms with Crippen LogP contribution in [0.1, 0.15) is 20.3 Å². The van der Waals surface area contributed by atoms with Gasteiger partial charge in [0.05, 0.1) is 16.0 Å². The van der Waals surface area contributed by atoms with E-state index in [4.69, 9.17) is 0 Å². The predicted molar refractivity (Wildman–Crippen MR) is 99.6 cm³/mol. The predicted octanol–water partition coefficient (Wildman–Crippen LogP) is 4.66. The first kappa shape index (κ1) is 16.8. The van der Waals surface area contributed by atoms with E-state index in [2.05, 4.69) is 29.1 Å². The fourth-order valence-electron chi connectivity index (χ4n) is 2.72. The Kier molecular flexibility index (Phi) is 4.88. The summed E-state index contributed by atoms with van der Waals surface area (Å²) in [5.74, 6) is 1.36. The topological polar surface area (TPSA) is 81.0 Å². The number of nitrogens with one attached hydrogen (secondary N) is 1. The summed E-state index contributed by atoms with van der Waals surface area (Å²) in [5, 5.41) is 15.5. The molecule has 3 aromatic rings. The average molecular weight is 336 g/mol. The van der Waals surface area contributed by atoms with Crippen LogP contribution in [0.15, 0.2) is 48.8 Å². The van der Waals surface area contributed by atoms with Gasteiger partial charge in [0.1, 0.15) is 12.1 Å². The van der Waals surface area contributed by atoms with E-state index < -0.39 is 0 Å². The smallest absolute Gasteiger partial charge is 0.277 e. The van der Waals surface area contributed by atoms with Gasteiger partial charge in [0.15, 0.2) is 0 Å². The van der Waals surface area contributed by atoms with Gasteiger partial charge >= 0.3 is 0 Å². The number of aromatic nitrogens is 2. The molecule has 25 heavy (non-hydrogen) atoms. The molecule has 0 fully saturated rings. The highest BCUT2D eigenvalue weighted by atomic mass is 16.6. The summed E-state index contributed by atoms with van der Waals surface area (Å²) in [6, 6.07) is 12.4. The molecular weight excluding hydrogens is 316 g/mol. The lowest BCUT2D eigenvalue weighted by atomic mass is 10.0. The molecule has 0 radical (unpaired) electrons. The zero-order valence-electron chi connectivity index (χ0n) is 14.3. The van der Waals surface area contributed by atoms with Crippen LogP contribution in [0.4, 0.5) is 11.5 Å². The lowest BCUT2D eigenvalue weighted by Crippen LogP contribution is -2.07. The lowest BCUT2D eigenvalue weighted by Gasteiger charge is -2.11. The summed E-state index contributed by atoms with van der Waals surface area (Å²) in [5.41, 5.74) is 2.27. The van der Waals surface area contributed by atoms with E-state index in [-0.39, 0.29) is 10.6 Å². The van der Waals surface area contributed by atoms with Crippen LogP contribution in [0.2, 0.25) is 0 Å². The van der Waals surface area contributed by atoms with Crippen LogP contribution >= 0.6 is 0 Å². The molecule has 1 N–H and O–H groups in total. The van der Waals surface area contributed by atoms with Crippen LogP contribution in [0.3, 0.4) is 0 Å². The molecule has 0 saturated carbocycles. The Morgan fingerprint density at radius 3 is 2.72 bits per heavy atom. The number of nitro groups is 1. The molecule has 2 aromatic carbocycles. The Morgan fingerprint density at radius 2 is 1.96 bits per heavy atom. The molecule has 0 aliphatic rings. The second-order valence-corrected chi connectivity index (χ2v) is 6.34. The maximum absolute atomic E-state index is 11.3. The maximum Gasteiger partial charge on any atom is 0.277 e. The number of hydrogen-bond donors (Lipinski definition) is 1. The number of fused-ring (bicyclic) bond motifs is 1. The van der Waals surface area contributed by atoms with Crippen LogP contribution in [-0.4, -0.2) is 21.4 Å². The van der Waals surface area contributed by atoms with E-state index in [0.29, 0.717) is 11.5 Å². The standard InChI is InChI=1S/C19H20N4O2/c1-13(2)9-10-20-19-16-11-14(7-8-17(16)21-12-22-19)15-5-3-4-6-18(15)23(24)25/h3-8,11-13H,9-10H2,1-2H3,(H,20,21,22). The highest BCUT2D eigenvalue weighted by molar-refractivity contribution is 5.93. The van der Waals surface area contributed by atoms with Gasteiger partial charge in [-0.15, -0.1) is 0 Å². The molecule has 0 saturated heterocycles. The largest absolute Gasteiger partial charge is 0.369 e. The fraction of sp³-hybridized carbons (Fsp3) is 0.263. The molecule has 6 nitrogen and oxygen atoms in total. The van der Waals surface area contributed by atoms with Crippen molar-refractivity contribution in [2.45, 2.75) is 20.3 Å². The summed E-state index contributed by atoms with van der Waals surface area (Å²) >= 11 is 0. The normalized spacial score (nSPS) is 11.0.